The van der Waals surface area contributed by atoms with Crippen molar-refractivity contribution in [1.82, 2.24) is 35.2 Å². The number of fused-ring (bicyclic) bond motifs is 6. The van der Waals surface area contributed by atoms with E-state index in [1.54, 1.807) is 7.11 Å². The molecular formula is C51H67N7O9S. The minimum absolute atomic E-state index is 0.00917. The Hall–Kier alpha value is -4.33. The lowest BCUT2D eigenvalue weighted by molar-refractivity contribution is -0.203. The normalized spacial score (nSPS) is 28.5. The number of hydrazine groups is 1. The molecule has 3 aromatic heterocycles. The van der Waals surface area contributed by atoms with E-state index in [1.807, 2.05) is 26.1 Å². The van der Waals surface area contributed by atoms with E-state index in [0.717, 1.165) is 57.5 Å². The largest absolute Gasteiger partial charge is 0.464 e. The van der Waals surface area contributed by atoms with Crippen LogP contribution in [0.2, 0.25) is 0 Å². The third kappa shape index (κ3) is 9.25. The molecule has 1 spiro atoms. The van der Waals surface area contributed by atoms with Crippen LogP contribution in [-0.2, 0) is 55.8 Å². The van der Waals surface area contributed by atoms with Gasteiger partial charge in [0.2, 0.25) is 5.91 Å². The highest BCUT2D eigenvalue weighted by atomic mass is 32.1. The number of thiazole rings is 1. The molecule has 17 heteroatoms. The molecule has 4 aromatic rings. The standard InChI is InChI=1S/C51H67N7O9S/c1-30-23-65-44(30)45(59)54-41-43(56-25-51(26-56)28-63-29-51)46-53-38(24-68-46)32-12-13-39-35(20-32)36(22-49(3,4)27-66-48(61)37-11-9-16-58(55-37)47(41)60)42(34-10-8-15-52-40(34)31(2)62-7)57(39)17-19-64-33-14-18-67-50(5,6)21-33/h8,10,12-13,15,20,24,30-31,33,37,41,43-44,55H,9,11,14,16-19,21-23,25-29H2,1-7H3,(H,54,59)/t30-,31-,33-,37-,41-,43-,44+/m0/s1. The summed E-state index contributed by atoms with van der Waals surface area (Å²) >= 11 is 1.49. The molecule has 5 fully saturated rings. The number of methoxy groups -OCH3 is 1. The van der Waals surface area contributed by atoms with E-state index in [-0.39, 0.29) is 47.6 Å². The maximum Gasteiger partial charge on any atom is 0.324 e. The molecule has 10 rings (SSSR count). The molecule has 6 aliphatic heterocycles. The summed E-state index contributed by atoms with van der Waals surface area (Å²) in [5.74, 6) is -1.08. The summed E-state index contributed by atoms with van der Waals surface area (Å²) in [4.78, 5) is 55.7. The van der Waals surface area contributed by atoms with Crippen molar-refractivity contribution in [2.45, 2.75) is 122 Å². The first-order valence-electron chi connectivity index (χ1n) is 24.4. The zero-order valence-corrected chi connectivity index (χ0v) is 41.3. The van der Waals surface area contributed by atoms with Crippen molar-refractivity contribution in [3.63, 3.8) is 0 Å². The Bertz CT molecular complexity index is 2530. The predicted molar refractivity (Wildman–Crippen MR) is 255 cm³/mol. The zero-order valence-electron chi connectivity index (χ0n) is 40.5. The summed E-state index contributed by atoms with van der Waals surface area (Å²) in [5, 5.41) is 8.49. The number of rotatable bonds is 10. The van der Waals surface area contributed by atoms with Crippen molar-refractivity contribution in [2.75, 3.05) is 66.4 Å². The Balaban J connectivity index is 1.11. The summed E-state index contributed by atoms with van der Waals surface area (Å²) < 4.78 is 38.6. The average molecular weight is 954 g/mol. The highest BCUT2D eigenvalue weighted by Crippen LogP contribution is 2.46. The highest BCUT2D eigenvalue weighted by Gasteiger charge is 2.55. The minimum atomic E-state index is -1.03. The van der Waals surface area contributed by atoms with Crippen LogP contribution in [0.15, 0.2) is 41.9 Å². The van der Waals surface area contributed by atoms with Crippen molar-refractivity contribution >= 4 is 40.0 Å². The maximum atomic E-state index is 15.0. The third-order valence-corrected chi connectivity index (χ3v) is 15.8. The molecule has 7 atom stereocenters. The van der Waals surface area contributed by atoms with Crippen molar-refractivity contribution in [2.24, 2.45) is 16.7 Å². The molecular weight excluding hydrogens is 887 g/mol. The molecule has 0 unspecified atom stereocenters. The molecule has 0 radical (unpaired) electrons. The number of hydrogen-bond donors (Lipinski definition) is 2. The number of esters is 1. The number of amides is 2. The Morgan fingerprint density at radius 2 is 1.93 bits per heavy atom. The molecule has 2 amide bonds. The number of nitrogens with one attached hydrogen (secondary N) is 2. The number of carbonyl (C=O) groups is 3. The van der Waals surface area contributed by atoms with E-state index in [9.17, 15) is 9.59 Å². The van der Waals surface area contributed by atoms with Gasteiger partial charge in [0.25, 0.3) is 5.91 Å². The lowest BCUT2D eigenvalue weighted by atomic mass is 9.76. The number of benzene rings is 1. The van der Waals surface area contributed by atoms with Gasteiger partial charge in [0.15, 0.2) is 0 Å². The van der Waals surface area contributed by atoms with Crippen molar-refractivity contribution < 1.29 is 42.8 Å². The minimum Gasteiger partial charge on any atom is -0.464 e. The molecule has 0 aliphatic carbocycles. The van der Waals surface area contributed by atoms with E-state index in [2.05, 4.69) is 77.6 Å². The number of aromatic nitrogens is 3. The van der Waals surface area contributed by atoms with Crippen LogP contribution in [0.5, 0.6) is 0 Å². The first kappa shape index (κ1) is 47.4. The summed E-state index contributed by atoms with van der Waals surface area (Å²) in [5.41, 5.74) is 9.10. The quantitative estimate of drug-likeness (QED) is 0.177. The van der Waals surface area contributed by atoms with Crippen LogP contribution in [0.25, 0.3) is 33.4 Å². The monoisotopic (exact) mass is 953 g/mol. The van der Waals surface area contributed by atoms with Gasteiger partial charge in [-0.3, -0.25) is 29.3 Å². The fourth-order valence-electron chi connectivity index (χ4n) is 11.0. The van der Waals surface area contributed by atoms with Gasteiger partial charge in [-0.1, -0.05) is 26.8 Å². The van der Waals surface area contributed by atoms with Crippen molar-refractivity contribution in [3.8, 4) is 22.5 Å². The van der Waals surface area contributed by atoms with Gasteiger partial charge in [0.1, 0.15) is 23.2 Å². The number of pyridine rings is 1. The molecule has 68 heavy (non-hydrogen) atoms. The molecule has 9 heterocycles. The van der Waals surface area contributed by atoms with Gasteiger partial charge in [-0.05, 0) is 76.3 Å². The summed E-state index contributed by atoms with van der Waals surface area (Å²) in [7, 11) is 1.70. The number of carbonyl (C=O) groups excluding carboxylic acids is 3. The maximum absolute atomic E-state index is 15.0. The fourth-order valence-corrected chi connectivity index (χ4v) is 12.0. The molecule has 6 aliphatic rings. The smallest absolute Gasteiger partial charge is 0.324 e. The van der Waals surface area contributed by atoms with Crippen molar-refractivity contribution in [3.05, 3.63) is 58.2 Å². The second-order valence-corrected chi connectivity index (χ2v) is 22.4. The van der Waals surface area contributed by atoms with Gasteiger partial charge in [-0.2, -0.15) is 0 Å². The lowest BCUT2D eigenvalue weighted by Crippen LogP contribution is -2.70. The zero-order chi connectivity index (χ0) is 47.5. The van der Waals surface area contributed by atoms with Crippen LogP contribution >= 0.6 is 11.3 Å². The molecule has 366 valence electrons. The van der Waals surface area contributed by atoms with Gasteiger partial charge >= 0.3 is 5.97 Å². The summed E-state index contributed by atoms with van der Waals surface area (Å²) in [6.07, 6.45) is 4.24. The number of hydrogen-bond acceptors (Lipinski definition) is 14. The Kier molecular flexibility index (Phi) is 13.1. The van der Waals surface area contributed by atoms with Crippen LogP contribution in [0, 0.1) is 16.7 Å². The number of ether oxygens (including phenoxy) is 6. The van der Waals surface area contributed by atoms with E-state index in [4.69, 9.17) is 38.4 Å². The summed E-state index contributed by atoms with van der Waals surface area (Å²) in [6, 6.07) is 8.24. The van der Waals surface area contributed by atoms with E-state index >= 15 is 4.79 Å². The average Bonchev–Trinajstić information content (AvgIpc) is 3.89. The molecule has 5 saturated heterocycles. The van der Waals surface area contributed by atoms with Gasteiger partial charge in [-0.25, -0.2) is 10.4 Å². The fraction of sp³-hybridized carbons (Fsp3) is 0.627. The Morgan fingerprint density at radius 1 is 1.10 bits per heavy atom. The Labute approximate surface area is 402 Å². The second kappa shape index (κ2) is 18.8. The van der Waals surface area contributed by atoms with Crippen LogP contribution in [0.1, 0.15) is 95.6 Å². The third-order valence-electron chi connectivity index (χ3n) is 14.9. The van der Waals surface area contributed by atoms with E-state index < -0.39 is 35.6 Å². The van der Waals surface area contributed by atoms with Gasteiger partial charge in [0.05, 0.1) is 74.0 Å². The van der Waals surface area contributed by atoms with E-state index in [0.29, 0.717) is 83.5 Å². The molecule has 1 aromatic carbocycles. The lowest BCUT2D eigenvalue weighted by Gasteiger charge is -2.58. The highest BCUT2D eigenvalue weighted by molar-refractivity contribution is 7.10. The first-order valence-corrected chi connectivity index (χ1v) is 25.3. The van der Waals surface area contributed by atoms with Gasteiger partial charge < -0.3 is 38.3 Å². The van der Waals surface area contributed by atoms with Crippen LogP contribution in [0.3, 0.4) is 0 Å². The van der Waals surface area contributed by atoms with Crippen LogP contribution < -0.4 is 10.7 Å². The number of likely N-dealkylation sites (tertiary alicyclic amines) is 1. The molecule has 16 nitrogen and oxygen atoms in total. The molecule has 0 saturated carbocycles. The van der Waals surface area contributed by atoms with Gasteiger partial charge in [0, 0.05) is 96.7 Å². The number of nitrogens with zero attached hydrogens (tertiary/aromatic N) is 5. The topological polar surface area (TPSA) is 168 Å². The van der Waals surface area contributed by atoms with E-state index in [1.165, 1.54) is 16.3 Å². The van der Waals surface area contributed by atoms with Crippen LogP contribution in [-0.4, -0.2) is 139 Å². The SMILES string of the molecule is CO[C@@H](C)c1ncccc1-c1c2c3cc(ccc3n1CCO[C@H]1CCOC(C)(C)C1)-c1csc(n1)[C@@H](N1CC3(COC3)C1)[C@H](NC(=O)[C@@H]1OC[C@@H]1C)C(=O)N1CCC[C@H](N1)C(=O)OCC(C)(C)C2. The van der Waals surface area contributed by atoms with Crippen molar-refractivity contribution in [1.29, 1.82) is 0 Å². The second-order valence-electron chi connectivity index (χ2n) is 21.5. The predicted octanol–water partition coefficient (Wildman–Crippen LogP) is 6.02. The molecule has 6 bridgehead atoms. The molecule has 2 N–H and O–H groups in total. The Morgan fingerprint density at radius 3 is 2.65 bits per heavy atom. The van der Waals surface area contributed by atoms with Crippen LogP contribution in [0.4, 0.5) is 0 Å². The van der Waals surface area contributed by atoms with Gasteiger partial charge in [-0.15, -0.1) is 11.3 Å². The summed E-state index contributed by atoms with van der Waals surface area (Å²) in [6.45, 7) is 17.9. The number of cyclic esters (lactones) is 1. The first-order chi connectivity index (χ1) is 32.6.